The molecule has 3 rings (SSSR count). The van der Waals surface area contributed by atoms with Crippen molar-refractivity contribution >= 4 is 17.5 Å². The number of piperazine rings is 1. The average molecular weight is 441 g/mol. The minimum atomic E-state index is -5.01. The fraction of sp³-hybridized carbons (Fsp3) is 0.316. The number of carbonyl (C=O) groups is 1. The van der Waals surface area contributed by atoms with E-state index in [4.69, 9.17) is 4.74 Å². The molecule has 1 saturated heterocycles. The van der Waals surface area contributed by atoms with Crippen LogP contribution in [-0.2, 0) is 6.18 Å². The first-order valence-electron chi connectivity index (χ1n) is 9.10. The van der Waals surface area contributed by atoms with Gasteiger partial charge in [0.15, 0.2) is 0 Å². The molecule has 2 aromatic rings. The highest BCUT2D eigenvalue weighted by atomic mass is 19.4. The number of ether oxygens (including phenoxy) is 1. The van der Waals surface area contributed by atoms with E-state index in [-0.39, 0.29) is 25.4 Å². The van der Waals surface area contributed by atoms with E-state index in [2.05, 4.69) is 0 Å². The van der Waals surface area contributed by atoms with Crippen molar-refractivity contribution < 1.29 is 37.8 Å². The lowest BCUT2D eigenvalue weighted by Crippen LogP contribution is -2.56. The monoisotopic (exact) mass is 441 g/mol. The maximum Gasteiger partial charge on any atom is 0.422 e. The zero-order chi connectivity index (χ0) is 22.8. The van der Waals surface area contributed by atoms with E-state index >= 15 is 0 Å². The van der Waals surface area contributed by atoms with Crippen molar-refractivity contribution in [3.8, 4) is 11.5 Å². The SMILES string of the molecule is O=C(O)N1CCN(c2c([N+](=O)[O-])ccc(Oc3ccccc3)c2C(F)(F)F)C[C@@H]1CO. The Morgan fingerprint density at radius 3 is 2.42 bits per heavy atom. The van der Waals surface area contributed by atoms with E-state index in [1.807, 2.05) is 0 Å². The highest BCUT2D eigenvalue weighted by molar-refractivity contribution is 5.74. The second-order valence-electron chi connectivity index (χ2n) is 6.73. The molecule has 1 amide bonds. The number of hydrogen-bond donors (Lipinski definition) is 2. The van der Waals surface area contributed by atoms with Crippen LogP contribution in [0.5, 0.6) is 11.5 Å². The molecule has 0 aromatic heterocycles. The maximum atomic E-state index is 14.1. The molecule has 12 heteroatoms. The Labute approximate surface area is 174 Å². The summed E-state index contributed by atoms with van der Waals surface area (Å²) in [5.41, 5.74) is -2.87. The molecule has 0 unspecified atom stereocenters. The third kappa shape index (κ3) is 4.63. The summed E-state index contributed by atoms with van der Waals surface area (Å²) >= 11 is 0. The minimum absolute atomic E-state index is 0.108. The fourth-order valence-corrected chi connectivity index (χ4v) is 3.47. The third-order valence-electron chi connectivity index (χ3n) is 4.82. The number of halogens is 3. The highest BCUT2D eigenvalue weighted by Crippen LogP contribution is 2.48. The number of nitrogens with zero attached hydrogens (tertiary/aromatic N) is 3. The van der Waals surface area contributed by atoms with Crippen LogP contribution in [0.1, 0.15) is 5.56 Å². The molecule has 0 aliphatic carbocycles. The molecule has 31 heavy (non-hydrogen) atoms. The molecule has 1 aliphatic rings. The van der Waals surface area contributed by atoms with Crippen molar-refractivity contribution in [3.63, 3.8) is 0 Å². The summed E-state index contributed by atoms with van der Waals surface area (Å²) in [6.07, 6.45) is -6.35. The van der Waals surface area contributed by atoms with E-state index in [9.17, 15) is 38.3 Å². The molecule has 0 radical (unpaired) electrons. The first kappa shape index (κ1) is 22.2. The molecular weight excluding hydrogens is 423 g/mol. The summed E-state index contributed by atoms with van der Waals surface area (Å²) < 4.78 is 47.7. The Bertz CT molecular complexity index is 970. The number of alkyl halides is 3. The largest absolute Gasteiger partial charge is 0.465 e. The van der Waals surface area contributed by atoms with Gasteiger partial charge in [0.2, 0.25) is 0 Å². The summed E-state index contributed by atoms with van der Waals surface area (Å²) in [4.78, 5) is 23.9. The lowest BCUT2D eigenvalue weighted by atomic mass is 10.0. The lowest BCUT2D eigenvalue weighted by molar-refractivity contribution is -0.384. The Hall–Kier alpha value is -3.54. The van der Waals surface area contributed by atoms with Crippen LogP contribution in [0, 0.1) is 10.1 Å². The van der Waals surface area contributed by atoms with Crippen LogP contribution >= 0.6 is 0 Å². The summed E-state index contributed by atoms with van der Waals surface area (Å²) in [5, 5.41) is 30.3. The van der Waals surface area contributed by atoms with Gasteiger partial charge in [0.05, 0.1) is 17.6 Å². The van der Waals surface area contributed by atoms with E-state index in [1.165, 1.54) is 12.1 Å². The van der Waals surface area contributed by atoms with Gasteiger partial charge < -0.3 is 19.8 Å². The fourth-order valence-electron chi connectivity index (χ4n) is 3.47. The second kappa shape index (κ2) is 8.68. The van der Waals surface area contributed by atoms with E-state index in [0.29, 0.717) is 0 Å². The van der Waals surface area contributed by atoms with E-state index in [0.717, 1.165) is 21.9 Å². The van der Waals surface area contributed by atoms with Gasteiger partial charge in [0.25, 0.3) is 5.69 Å². The van der Waals surface area contributed by atoms with E-state index in [1.54, 1.807) is 18.2 Å². The number of amides is 1. The van der Waals surface area contributed by atoms with Gasteiger partial charge in [-0.1, -0.05) is 18.2 Å². The van der Waals surface area contributed by atoms with Gasteiger partial charge in [-0.2, -0.15) is 13.2 Å². The molecule has 0 bridgehead atoms. The number of anilines is 1. The number of hydrogen-bond acceptors (Lipinski definition) is 6. The summed E-state index contributed by atoms with van der Waals surface area (Å²) in [6.45, 7) is -1.49. The molecule has 166 valence electrons. The van der Waals surface area contributed by atoms with Crippen LogP contribution in [0.3, 0.4) is 0 Å². The van der Waals surface area contributed by atoms with Gasteiger partial charge in [0.1, 0.15) is 22.7 Å². The molecule has 9 nitrogen and oxygen atoms in total. The number of benzene rings is 2. The molecule has 1 aliphatic heterocycles. The number of para-hydroxylation sites is 1. The van der Waals surface area contributed by atoms with Crippen LogP contribution in [-0.4, -0.2) is 58.4 Å². The normalized spacial score (nSPS) is 16.8. The van der Waals surface area contributed by atoms with Gasteiger partial charge in [-0.15, -0.1) is 0 Å². The predicted molar refractivity (Wildman–Crippen MR) is 102 cm³/mol. The van der Waals surface area contributed by atoms with Crippen molar-refractivity contribution in [2.75, 3.05) is 31.1 Å². The Morgan fingerprint density at radius 2 is 1.87 bits per heavy atom. The van der Waals surface area contributed by atoms with Crippen molar-refractivity contribution in [2.24, 2.45) is 0 Å². The van der Waals surface area contributed by atoms with Gasteiger partial charge in [-0.3, -0.25) is 15.0 Å². The maximum absolute atomic E-state index is 14.1. The standard InChI is InChI=1S/C19H18F3N3O6/c20-19(21,22)16-15(31-13-4-2-1-3-5-13)7-6-14(25(29)30)17(16)23-8-9-24(18(27)28)12(10-23)11-26/h1-7,12,26H,8-11H2,(H,27,28)/t12-/m1/s1. The molecule has 1 atom stereocenters. The van der Waals surface area contributed by atoms with Crippen LogP contribution in [0.25, 0.3) is 0 Å². The zero-order valence-corrected chi connectivity index (χ0v) is 16.0. The van der Waals surface area contributed by atoms with Gasteiger partial charge in [-0.25, -0.2) is 4.79 Å². The third-order valence-corrected chi connectivity index (χ3v) is 4.82. The van der Waals surface area contributed by atoms with Crippen molar-refractivity contribution in [2.45, 2.75) is 12.2 Å². The predicted octanol–water partition coefficient (Wildman–Crippen LogP) is 3.57. The Morgan fingerprint density at radius 1 is 1.19 bits per heavy atom. The number of nitro benzene ring substituents is 1. The second-order valence-corrected chi connectivity index (χ2v) is 6.73. The first-order valence-corrected chi connectivity index (χ1v) is 9.10. The van der Waals surface area contributed by atoms with Crippen molar-refractivity contribution in [1.29, 1.82) is 0 Å². The van der Waals surface area contributed by atoms with Crippen LogP contribution in [0.4, 0.5) is 29.3 Å². The number of nitro groups is 1. The molecule has 2 aromatic carbocycles. The van der Waals surface area contributed by atoms with Gasteiger partial charge in [0, 0.05) is 25.7 Å². The number of carboxylic acid groups (broad SMARTS) is 1. The molecule has 0 spiro atoms. The average Bonchev–Trinajstić information content (AvgIpc) is 2.72. The van der Waals surface area contributed by atoms with Gasteiger partial charge in [-0.05, 0) is 18.2 Å². The summed E-state index contributed by atoms with van der Waals surface area (Å²) in [6, 6.07) is 8.40. The van der Waals surface area contributed by atoms with Crippen molar-refractivity contribution in [3.05, 3.63) is 58.1 Å². The highest BCUT2D eigenvalue weighted by Gasteiger charge is 2.44. The number of aliphatic hydroxyl groups excluding tert-OH is 1. The lowest BCUT2D eigenvalue weighted by Gasteiger charge is -2.40. The zero-order valence-electron chi connectivity index (χ0n) is 16.0. The van der Waals surface area contributed by atoms with Crippen molar-refractivity contribution in [1.82, 2.24) is 4.90 Å². The van der Waals surface area contributed by atoms with E-state index < -0.39 is 52.5 Å². The van der Waals surface area contributed by atoms with Crippen LogP contribution < -0.4 is 9.64 Å². The Kier molecular flexibility index (Phi) is 6.20. The minimum Gasteiger partial charge on any atom is -0.465 e. The first-order chi connectivity index (χ1) is 14.6. The molecule has 0 saturated carbocycles. The topological polar surface area (TPSA) is 116 Å². The summed E-state index contributed by atoms with van der Waals surface area (Å²) in [5.74, 6) is -0.516. The smallest absolute Gasteiger partial charge is 0.422 e. The van der Waals surface area contributed by atoms with Crippen LogP contribution in [0.15, 0.2) is 42.5 Å². The Balaban J connectivity index is 2.14. The molecule has 2 N–H and O–H groups in total. The number of rotatable bonds is 5. The quantitative estimate of drug-likeness (QED) is 0.538. The molecule has 1 fully saturated rings. The molecular formula is C19H18F3N3O6. The van der Waals surface area contributed by atoms with Gasteiger partial charge >= 0.3 is 12.3 Å². The van der Waals surface area contributed by atoms with Crippen LogP contribution in [0.2, 0.25) is 0 Å². The number of aliphatic hydroxyl groups is 1. The molecule has 1 heterocycles. The summed E-state index contributed by atoms with van der Waals surface area (Å²) in [7, 11) is 0.